The molecule has 4 heteroatoms. The van der Waals surface area contributed by atoms with Gasteiger partial charge in [-0.3, -0.25) is 0 Å². The van der Waals surface area contributed by atoms with Gasteiger partial charge < -0.3 is 4.74 Å². The molecule has 0 saturated carbocycles. The van der Waals surface area contributed by atoms with Crippen LogP contribution < -0.4 is 4.74 Å². The topological polar surface area (TPSA) is 80.6 Å². The normalized spacial score (nSPS) is 8.14. The van der Waals surface area contributed by atoms with E-state index in [2.05, 4.69) is 0 Å². The number of hydrogen-bond acceptors (Lipinski definition) is 4. The minimum Gasteiger partial charge on any atom is -0.494 e. The van der Waals surface area contributed by atoms with Crippen LogP contribution in [-0.4, -0.2) is 7.11 Å². The fraction of sp³-hybridized carbons (Fsp3) is 0.100. The summed E-state index contributed by atoms with van der Waals surface area (Å²) in [5, 5.41) is 26.1. The minimum absolute atomic E-state index is 0.197. The summed E-state index contributed by atoms with van der Waals surface area (Å²) < 4.78 is 4.90. The van der Waals surface area contributed by atoms with Crippen LogP contribution in [0.3, 0.4) is 0 Å². The number of nitrogens with zero attached hydrogens (tertiary/aromatic N) is 3. The summed E-state index contributed by atoms with van der Waals surface area (Å²) in [6, 6.07) is 8.38. The Kier molecular flexibility index (Phi) is 2.69. The maximum absolute atomic E-state index is 8.74. The molecule has 0 heterocycles. The quantitative estimate of drug-likeness (QED) is 0.657. The molecule has 0 N–H and O–H groups in total. The Morgan fingerprint density at radius 1 is 1.00 bits per heavy atom. The molecule has 0 bridgehead atoms. The first kappa shape index (κ1) is 9.58. The first-order chi connectivity index (χ1) is 6.76. The molecule has 0 amide bonds. The summed E-state index contributed by atoms with van der Waals surface area (Å²) in [4.78, 5) is 0. The van der Waals surface area contributed by atoms with Crippen molar-refractivity contribution < 1.29 is 4.74 Å². The highest BCUT2D eigenvalue weighted by Crippen LogP contribution is 2.24. The number of benzene rings is 1. The predicted molar refractivity (Wildman–Crippen MR) is 47.1 cm³/mol. The second kappa shape index (κ2) is 3.94. The van der Waals surface area contributed by atoms with E-state index >= 15 is 0 Å². The Morgan fingerprint density at radius 3 is 1.79 bits per heavy atom. The number of rotatable bonds is 1. The third-order valence-corrected chi connectivity index (χ3v) is 1.66. The standard InChI is InChI=1S/C10H5N3O/c1-14-10-8(5-12)2-7(4-11)3-9(10)6-13/h2-3H,1H3. The summed E-state index contributed by atoms with van der Waals surface area (Å²) in [6.45, 7) is 0. The van der Waals surface area contributed by atoms with E-state index in [4.69, 9.17) is 20.5 Å². The summed E-state index contributed by atoms with van der Waals surface area (Å²) in [7, 11) is 1.38. The first-order valence-electron chi connectivity index (χ1n) is 3.69. The Balaban J connectivity index is 3.54. The van der Waals surface area contributed by atoms with Crippen LogP contribution >= 0.6 is 0 Å². The van der Waals surface area contributed by atoms with Crippen LogP contribution in [0.4, 0.5) is 0 Å². The molecule has 0 saturated heterocycles. The molecule has 0 fully saturated rings. The molecular formula is C10H5N3O. The average Bonchev–Trinajstić information content (AvgIpc) is 2.26. The Hall–Kier alpha value is -2.51. The molecule has 0 atom stereocenters. The monoisotopic (exact) mass is 183 g/mol. The van der Waals surface area contributed by atoms with Crippen LogP contribution in [0.15, 0.2) is 12.1 Å². The van der Waals surface area contributed by atoms with Crippen LogP contribution in [0.25, 0.3) is 0 Å². The largest absolute Gasteiger partial charge is 0.494 e. The maximum atomic E-state index is 8.74. The number of ether oxygens (including phenoxy) is 1. The van der Waals surface area contributed by atoms with E-state index in [0.717, 1.165) is 0 Å². The summed E-state index contributed by atoms with van der Waals surface area (Å²) in [5.74, 6) is 0.217. The van der Waals surface area contributed by atoms with Gasteiger partial charge in [0.05, 0.1) is 29.9 Å². The van der Waals surface area contributed by atoms with E-state index in [-0.39, 0.29) is 22.4 Å². The lowest BCUT2D eigenvalue weighted by molar-refractivity contribution is 0.412. The van der Waals surface area contributed by atoms with Crippen LogP contribution in [0.5, 0.6) is 5.75 Å². The van der Waals surface area contributed by atoms with Crippen LogP contribution in [0, 0.1) is 34.0 Å². The lowest BCUT2D eigenvalue weighted by Gasteiger charge is -2.04. The van der Waals surface area contributed by atoms with Crippen molar-refractivity contribution in [2.45, 2.75) is 0 Å². The van der Waals surface area contributed by atoms with Crippen LogP contribution in [0.1, 0.15) is 16.7 Å². The highest BCUT2D eigenvalue weighted by Gasteiger charge is 2.10. The Bertz CT molecular complexity index is 451. The molecule has 0 spiro atoms. The average molecular weight is 183 g/mol. The van der Waals surface area contributed by atoms with Crippen molar-refractivity contribution in [3.8, 4) is 24.0 Å². The molecule has 14 heavy (non-hydrogen) atoms. The number of hydrogen-bond donors (Lipinski definition) is 0. The summed E-state index contributed by atoms with van der Waals surface area (Å²) in [5.41, 5.74) is 0.671. The van der Waals surface area contributed by atoms with E-state index in [9.17, 15) is 0 Å². The molecule has 1 aromatic rings. The molecule has 1 aromatic carbocycles. The zero-order chi connectivity index (χ0) is 10.6. The van der Waals surface area contributed by atoms with Crippen molar-refractivity contribution in [1.82, 2.24) is 0 Å². The van der Waals surface area contributed by atoms with E-state index < -0.39 is 0 Å². The number of methoxy groups -OCH3 is 1. The fourth-order valence-corrected chi connectivity index (χ4v) is 1.08. The van der Waals surface area contributed by atoms with Gasteiger partial charge in [0.2, 0.25) is 0 Å². The smallest absolute Gasteiger partial charge is 0.154 e. The van der Waals surface area contributed by atoms with Gasteiger partial charge in [0.15, 0.2) is 5.75 Å². The van der Waals surface area contributed by atoms with Crippen molar-refractivity contribution in [3.63, 3.8) is 0 Å². The maximum Gasteiger partial charge on any atom is 0.154 e. The van der Waals surface area contributed by atoms with E-state index in [1.54, 1.807) is 0 Å². The molecule has 66 valence electrons. The van der Waals surface area contributed by atoms with E-state index in [1.807, 2.05) is 18.2 Å². The first-order valence-corrected chi connectivity index (χ1v) is 3.69. The third-order valence-electron chi connectivity index (χ3n) is 1.66. The van der Waals surface area contributed by atoms with Gasteiger partial charge in [-0.05, 0) is 12.1 Å². The van der Waals surface area contributed by atoms with Gasteiger partial charge >= 0.3 is 0 Å². The lowest BCUT2D eigenvalue weighted by Crippen LogP contribution is -1.93. The molecule has 4 nitrogen and oxygen atoms in total. The zero-order valence-corrected chi connectivity index (χ0v) is 7.40. The summed E-state index contributed by atoms with van der Waals surface area (Å²) >= 11 is 0. The van der Waals surface area contributed by atoms with Crippen LogP contribution in [-0.2, 0) is 0 Å². The lowest BCUT2D eigenvalue weighted by atomic mass is 10.1. The van der Waals surface area contributed by atoms with Crippen molar-refractivity contribution in [2.75, 3.05) is 7.11 Å². The molecule has 1 rings (SSSR count). The van der Waals surface area contributed by atoms with E-state index in [1.165, 1.54) is 19.2 Å². The second-order valence-electron chi connectivity index (χ2n) is 2.44. The molecule has 0 radical (unpaired) electrons. The second-order valence-corrected chi connectivity index (χ2v) is 2.44. The highest BCUT2D eigenvalue weighted by molar-refractivity contribution is 5.57. The van der Waals surface area contributed by atoms with Gasteiger partial charge in [0, 0.05) is 0 Å². The van der Waals surface area contributed by atoms with Gasteiger partial charge in [-0.15, -0.1) is 0 Å². The van der Waals surface area contributed by atoms with Gasteiger partial charge in [0.25, 0.3) is 0 Å². The highest BCUT2D eigenvalue weighted by atomic mass is 16.5. The Labute approximate surface area is 81.2 Å². The van der Waals surface area contributed by atoms with Crippen LogP contribution in [0.2, 0.25) is 0 Å². The molecule has 0 unspecified atom stereocenters. The third kappa shape index (κ3) is 1.48. The minimum atomic E-state index is 0.197. The molecule has 0 aliphatic rings. The Morgan fingerprint density at radius 2 is 1.50 bits per heavy atom. The predicted octanol–water partition coefficient (Wildman–Crippen LogP) is 1.31. The summed E-state index contributed by atoms with van der Waals surface area (Å²) in [6.07, 6.45) is 0. The fourth-order valence-electron chi connectivity index (χ4n) is 1.08. The van der Waals surface area contributed by atoms with Crippen molar-refractivity contribution >= 4 is 0 Å². The van der Waals surface area contributed by atoms with E-state index in [0.29, 0.717) is 0 Å². The molecule has 0 aliphatic carbocycles. The van der Waals surface area contributed by atoms with Gasteiger partial charge in [-0.25, -0.2) is 0 Å². The SMILES string of the molecule is COc1c(C#N)cc(C#N)cc1C#N. The van der Waals surface area contributed by atoms with Crippen molar-refractivity contribution in [1.29, 1.82) is 15.8 Å². The van der Waals surface area contributed by atoms with Crippen molar-refractivity contribution in [2.24, 2.45) is 0 Å². The van der Waals surface area contributed by atoms with Gasteiger partial charge in [-0.1, -0.05) is 0 Å². The van der Waals surface area contributed by atoms with Crippen molar-refractivity contribution in [3.05, 3.63) is 28.8 Å². The molecular weight excluding hydrogens is 178 g/mol. The number of nitriles is 3. The molecule has 0 aliphatic heterocycles. The van der Waals surface area contributed by atoms with Gasteiger partial charge in [-0.2, -0.15) is 15.8 Å². The van der Waals surface area contributed by atoms with Gasteiger partial charge in [0.1, 0.15) is 12.1 Å². The molecule has 0 aromatic heterocycles. The zero-order valence-electron chi connectivity index (χ0n) is 7.40.